The Labute approximate surface area is 297 Å². The van der Waals surface area contributed by atoms with Gasteiger partial charge in [0.25, 0.3) is 0 Å². The Kier molecular flexibility index (Phi) is 29.8. The zero-order valence-corrected chi connectivity index (χ0v) is 31.9. The third-order valence-electron chi connectivity index (χ3n) is 10.4. The van der Waals surface area contributed by atoms with Gasteiger partial charge in [0.05, 0.1) is 11.1 Å². The minimum Gasteiger partial charge on any atom is -0.478 e. The van der Waals surface area contributed by atoms with Crippen LogP contribution in [0.4, 0.5) is 0 Å². The summed E-state index contributed by atoms with van der Waals surface area (Å²) in [6.07, 6.45) is 43.0. The van der Waals surface area contributed by atoms with E-state index in [0.717, 1.165) is 25.7 Å². The third-order valence-corrected chi connectivity index (χ3v) is 10.4. The normalized spacial score (nSPS) is 11.4. The molecule has 0 unspecified atom stereocenters. The van der Waals surface area contributed by atoms with Crippen molar-refractivity contribution in [3.05, 3.63) is 34.4 Å². The lowest BCUT2D eigenvalue weighted by Crippen LogP contribution is -2.11. The number of hydrogen-bond donors (Lipinski definition) is 2. The van der Waals surface area contributed by atoms with Crippen molar-refractivity contribution in [1.82, 2.24) is 0 Å². The van der Waals surface area contributed by atoms with Crippen molar-refractivity contribution in [2.75, 3.05) is 0 Å². The van der Waals surface area contributed by atoms with Crippen LogP contribution in [0.25, 0.3) is 0 Å². The Hall–Kier alpha value is -1.84. The van der Waals surface area contributed by atoms with Crippen LogP contribution in [0.2, 0.25) is 0 Å². The summed E-state index contributed by atoms with van der Waals surface area (Å²) in [6.45, 7) is 4.55. The van der Waals surface area contributed by atoms with E-state index < -0.39 is 11.9 Å². The number of hydrogen-bond acceptors (Lipinski definition) is 2. The highest BCUT2D eigenvalue weighted by Gasteiger charge is 2.19. The fraction of sp³-hybridized carbons (Fsp3) is 0.818. The lowest BCUT2D eigenvalue weighted by atomic mass is 9.91. The molecule has 0 spiro atoms. The maximum atomic E-state index is 12.3. The van der Waals surface area contributed by atoms with Crippen LogP contribution in [0.3, 0.4) is 0 Å². The van der Waals surface area contributed by atoms with Crippen LogP contribution in [0, 0.1) is 0 Å². The standard InChI is InChI=1S/C44H78O4/c1-3-5-7-9-11-13-15-17-19-21-23-25-27-29-31-33-35-39-37-41(43(45)46)38-40(42(39)44(47)48)36-34-32-30-28-26-24-22-20-18-16-14-12-10-8-6-4-2/h37-38H,3-36H2,1-2H3,(H,45,46)(H,47,48). The molecular formula is C44H78O4. The van der Waals surface area contributed by atoms with Gasteiger partial charge in [-0.2, -0.15) is 0 Å². The van der Waals surface area contributed by atoms with Crippen molar-refractivity contribution < 1.29 is 19.8 Å². The second-order valence-electron chi connectivity index (χ2n) is 14.9. The van der Waals surface area contributed by atoms with Gasteiger partial charge in [-0.15, -0.1) is 0 Å². The molecule has 48 heavy (non-hydrogen) atoms. The van der Waals surface area contributed by atoms with Gasteiger partial charge >= 0.3 is 11.9 Å². The minimum atomic E-state index is -0.964. The highest BCUT2D eigenvalue weighted by molar-refractivity contribution is 5.95. The number of carboxylic acids is 2. The lowest BCUT2D eigenvalue weighted by Gasteiger charge is -2.14. The summed E-state index contributed by atoms with van der Waals surface area (Å²) < 4.78 is 0. The zero-order chi connectivity index (χ0) is 34.9. The molecule has 1 rings (SSSR count). The lowest BCUT2D eigenvalue weighted by molar-refractivity contribution is 0.0679. The van der Waals surface area contributed by atoms with Crippen molar-refractivity contribution in [2.24, 2.45) is 0 Å². The highest BCUT2D eigenvalue weighted by Crippen LogP contribution is 2.24. The van der Waals surface area contributed by atoms with E-state index in [1.165, 1.54) is 180 Å². The van der Waals surface area contributed by atoms with E-state index in [0.29, 0.717) is 29.5 Å². The van der Waals surface area contributed by atoms with Gasteiger partial charge in [-0.1, -0.05) is 206 Å². The molecule has 4 heteroatoms. The third kappa shape index (κ3) is 24.3. The number of carboxylic acid groups (broad SMARTS) is 2. The average molecular weight is 671 g/mol. The van der Waals surface area contributed by atoms with E-state index in [9.17, 15) is 19.8 Å². The number of aromatic carboxylic acids is 2. The molecule has 0 amide bonds. The van der Waals surface area contributed by atoms with Gasteiger partial charge in [-0.3, -0.25) is 0 Å². The second-order valence-corrected chi connectivity index (χ2v) is 14.9. The molecule has 2 N–H and O–H groups in total. The van der Waals surface area contributed by atoms with Gasteiger partial charge in [0.2, 0.25) is 0 Å². The van der Waals surface area contributed by atoms with Gasteiger partial charge < -0.3 is 10.2 Å². The van der Waals surface area contributed by atoms with Crippen LogP contribution in [0.15, 0.2) is 12.1 Å². The molecule has 0 aliphatic heterocycles. The van der Waals surface area contributed by atoms with Crippen LogP contribution < -0.4 is 0 Å². The van der Waals surface area contributed by atoms with E-state index in [2.05, 4.69) is 13.8 Å². The van der Waals surface area contributed by atoms with Crippen molar-refractivity contribution in [3.8, 4) is 0 Å². The molecule has 1 aromatic carbocycles. The first-order valence-electron chi connectivity index (χ1n) is 21.1. The van der Waals surface area contributed by atoms with Gasteiger partial charge in [-0.05, 0) is 48.9 Å². The van der Waals surface area contributed by atoms with Crippen LogP contribution >= 0.6 is 0 Å². The summed E-state index contributed by atoms with van der Waals surface area (Å²) in [7, 11) is 0. The molecule has 0 heterocycles. The van der Waals surface area contributed by atoms with E-state index >= 15 is 0 Å². The molecule has 4 nitrogen and oxygen atoms in total. The fourth-order valence-electron chi connectivity index (χ4n) is 7.29. The molecule has 0 bridgehead atoms. The summed E-state index contributed by atoms with van der Waals surface area (Å²) in [5.74, 6) is -1.88. The number of aryl methyl sites for hydroxylation is 2. The first-order chi connectivity index (χ1) is 23.5. The summed E-state index contributed by atoms with van der Waals surface area (Å²) >= 11 is 0. The molecule has 0 aliphatic carbocycles. The van der Waals surface area contributed by atoms with E-state index in [1.54, 1.807) is 12.1 Å². The summed E-state index contributed by atoms with van der Waals surface area (Å²) in [5.41, 5.74) is 2.01. The predicted octanol–water partition coefficient (Wildman–Crippen LogP) is 14.7. The SMILES string of the molecule is CCCCCCCCCCCCCCCCCCc1cc(C(=O)O)cc(CCCCCCCCCCCCCCCCCC)c1C(=O)O. The van der Waals surface area contributed by atoms with Crippen LogP contribution in [0.5, 0.6) is 0 Å². The number of carbonyl (C=O) groups is 2. The Bertz CT molecular complexity index is 850. The smallest absolute Gasteiger partial charge is 0.336 e. The maximum Gasteiger partial charge on any atom is 0.336 e. The van der Waals surface area contributed by atoms with Crippen LogP contribution in [-0.2, 0) is 12.8 Å². The van der Waals surface area contributed by atoms with E-state index in [4.69, 9.17) is 0 Å². The van der Waals surface area contributed by atoms with Crippen molar-refractivity contribution >= 4 is 11.9 Å². The zero-order valence-electron chi connectivity index (χ0n) is 31.9. The number of unbranched alkanes of at least 4 members (excludes halogenated alkanes) is 30. The van der Waals surface area contributed by atoms with Crippen molar-refractivity contribution in [2.45, 2.75) is 232 Å². The molecule has 0 aromatic heterocycles. The monoisotopic (exact) mass is 671 g/mol. The molecular weight excluding hydrogens is 592 g/mol. The maximum absolute atomic E-state index is 12.3. The first-order valence-corrected chi connectivity index (χ1v) is 21.1. The summed E-state index contributed by atoms with van der Waals surface area (Å²) in [6, 6.07) is 3.24. The van der Waals surface area contributed by atoms with Crippen LogP contribution in [0.1, 0.15) is 251 Å². The Morgan fingerprint density at radius 1 is 0.375 bits per heavy atom. The molecule has 278 valence electrons. The molecule has 0 saturated carbocycles. The van der Waals surface area contributed by atoms with Crippen LogP contribution in [-0.4, -0.2) is 22.2 Å². The molecule has 0 radical (unpaired) electrons. The summed E-state index contributed by atoms with van der Waals surface area (Å²) in [5, 5.41) is 19.8. The van der Waals surface area contributed by atoms with Crippen molar-refractivity contribution in [1.29, 1.82) is 0 Å². The van der Waals surface area contributed by atoms with E-state index in [-0.39, 0.29) is 5.56 Å². The van der Waals surface area contributed by atoms with Gasteiger partial charge in [0.1, 0.15) is 0 Å². The van der Waals surface area contributed by atoms with Gasteiger partial charge in [0.15, 0.2) is 0 Å². The van der Waals surface area contributed by atoms with E-state index in [1.807, 2.05) is 0 Å². The first kappa shape index (κ1) is 44.2. The Balaban J connectivity index is 2.24. The Morgan fingerprint density at radius 3 is 0.812 bits per heavy atom. The topological polar surface area (TPSA) is 74.6 Å². The largest absolute Gasteiger partial charge is 0.478 e. The second kappa shape index (κ2) is 32.4. The number of rotatable bonds is 36. The minimum absolute atomic E-state index is 0.234. The number of benzene rings is 1. The van der Waals surface area contributed by atoms with Gasteiger partial charge in [-0.25, -0.2) is 9.59 Å². The van der Waals surface area contributed by atoms with Gasteiger partial charge in [0, 0.05) is 0 Å². The highest BCUT2D eigenvalue weighted by atomic mass is 16.4. The summed E-state index contributed by atoms with van der Waals surface area (Å²) in [4.78, 5) is 24.2. The van der Waals surface area contributed by atoms with Crippen molar-refractivity contribution in [3.63, 3.8) is 0 Å². The fourth-order valence-corrected chi connectivity index (χ4v) is 7.29. The molecule has 0 aliphatic rings. The average Bonchev–Trinajstić information content (AvgIpc) is 3.07. The molecule has 0 atom stereocenters. The molecule has 1 aromatic rings. The predicted molar refractivity (Wildman–Crippen MR) is 207 cm³/mol. The molecule has 0 saturated heterocycles. The molecule has 0 fully saturated rings. The Morgan fingerprint density at radius 2 is 0.604 bits per heavy atom. The quantitative estimate of drug-likeness (QED) is 0.0697.